The minimum absolute atomic E-state index is 0.162. The summed E-state index contributed by atoms with van der Waals surface area (Å²) in [6.07, 6.45) is 2.21. The molecular formula is C11H15FIN. The van der Waals surface area contributed by atoms with Crippen molar-refractivity contribution in [2.24, 2.45) is 0 Å². The standard InChI is InChI=1S/C11H15FIN/c1-3-4-11(14-2)9-6-5-8(12)7-10(9)13/h5-7,11,14H,3-4H2,1-2H3. The SMILES string of the molecule is CCCC(NC)c1ccc(F)cc1I. The fraction of sp³-hybridized carbons (Fsp3) is 0.455. The third-order valence-electron chi connectivity index (χ3n) is 2.26. The van der Waals surface area contributed by atoms with Gasteiger partial charge in [0, 0.05) is 9.61 Å². The van der Waals surface area contributed by atoms with Gasteiger partial charge in [0.1, 0.15) is 5.82 Å². The van der Waals surface area contributed by atoms with E-state index in [2.05, 4.69) is 34.8 Å². The van der Waals surface area contributed by atoms with Crippen molar-refractivity contribution in [1.82, 2.24) is 5.32 Å². The van der Waals surface area contributed by atoms with Crippen LogP contribution in [0, 0.1) is 9.39 Å². The van der Waals surface area contributed by atoms with Crippen LogP contribution in [0.1, 0.15) is 31.4 Å². The number of hydrogen-bond donors (Lipinski definition) is 1. The zero-order chi connectivity index (χ0) is 10.6. The van der Waals surface area contributed by atoms with Gasteiger partial charge in [0.05, 0.1) is 0 Å². The highest BCUT2D eigenvalue weighted by atomic mass is 127. The molecule has 0 bridgehead atoms. The minimum atomic E-state index is -0.162. The molecule has 0 heterocycles. The third kappa shape index (κ3) is 2.92. The molecule has 1 N–H and O–H groups in total. The molecule has 0 spiro atoms. The molecule has 1 unspecified atom stereocenters. The lowest BCUT2D eigenvalue weighted by Gasteiger charge is -2.17. The van der Waals surface area contributed by atoms with Crippen LogP contribution in [0.4, 0.5) is 4.39 Å². The Bertz CT molecular complexity index is 301. The minimum Gasteiger partial charge on any atom is -0.313 e. The molecule has 1 nitrogen and oxygen atoms in total. The van der Waals surface area contributed by atoms with E-state index in [9.17, 15) is 4.39 Å². The lowest BCUT2D eigenvalue weighted by Crippen LogP contribution is -2.17. The van der Waals surface area contributed by atoms with Gasteiger partial charge >= 0.3 is 0 Å². The van der Waals surface area contributed by atoms with E-state index >= 15 is 0 Å². The van der Waals surface area contributed by atoms with E-state index in [4.69, 9.17) is 0 Å². The Balaban J connectivity index is 2.92. The monoisotopic (exact) mass is 307 g/mol. The van der Waals surface area contributed by atoms with Gasteiger partial charge in [0.25, 0.3) is 0 Å². The normalized spacial score (nSPS) is 12.9. The van der Waals surface area contributed by atoms with Crippen LogP contribution >= 0.6 is 22.6 Å². The first-order valence-corrected chi connectivity index (χ1v) is 5.89. The largest absolute Gasteiger partial charge is 0.313 e. The molecule has 0 saturated heterocycles. The van der Waals surface area contributed by atoms with Crippen molar-refractivity contribution >= 4 is 22.6 Å². The second-order valence-electron chi connectivity index (χ2n) is 3.30. The summed E-state index contributed by atoms with van der Waals surface area (Å²) in [5.41, 5.74) is 1.19. The molecule has 0 saturated carbocycles. The fourth-order valence-electron chi connectivity index (χ4n) is 1.53. The molecule has 0 aliphatic rings. The number of rotatable bonds is 4. The molecule has 14 heavy (non-hydrogen) atoms. The van der Waals surface area contributed by atoms with E-state index < -0.39 is 0 Å². The first-order valence-electron chi connectivity index (χ1n) is 4.81. The number of halogens is 2. The van der Waals surface area contributed by atoms with Gasteiger partial charge in [-0.05, 0) is 53.8 Å². The summed E-state index contributed by atoms with van der Waals surface area (Å²) in [5, 5.41) is 3.25. The molecule has 1 aromatic carbocycles. The highest BCUT2D eigenvalue weighted by Crippen LogP contribution is 2.24. The molecule has 0 fully saturated rings. The summed E-state index contributed by atoms with van der Waals surface area (Å²) in [4.78, 5) is 0. The van der Waals surface area contributed by atoms with Crippen molar-refractivity contribution in [1.29, 1.82) is 0 Å². The van der Waals surface area contributed by atoms with Crippen LogP contribution < -0.4 is 5.32 Å². The van der Waals surface area contributed by atoms with E-state index in [1.54, 1.807) is 6.07 Å². The van der Waals surface area contributed by atoms with Crippen molar-refractivity contribution in [3.8, 4) is 0 Å². The Morgan fingerprint density at radius 2 is 2.21 bits per heavy atom. The topological polar surface area (TPSA) is 12.0 Å². The van der Waals surface area contributed by atoms with Crippen molar-refractivity contribution < 1.29 is 4.39 Å². The van der Waals surface area contributed by atoms with Gasteiger partial charge in [-0.15, -0.1) is 0 Å². The Hall–Kier alpha value is -0.160. The molecule has 0 aliphatic heterocycles. The predicted molar refractivity (Wildman–Crippen MR) is 65.8 cm³/mol. The molecule has 0 amide bonds. The van der Waals surface area contributed by atoms with E-state index in [0.717, 1.165) is 16.4 Å². The summed E-state index contributed by atoms with van der Waals surface area (Å²) < 4.78 is 13.9. The molecule has 1 aromatic rings. The van der Waals surface area contributed by atoms with E-state index in [0.29, 0.717) is 6.04 Å². The van der Waals surface area contributed by atoms with Crippen LogP contribution in [0.3, 0.4) is 0 Å². The van der Waals surface area contributed by atoms with E-state index in [-0.39, 0.29) is 5.82 Å². The van der Waals surface area contributed by atoms with Crippen LogP contribution in [0.2, 0.25) is 0 Å². The summed E-state index contributed by atoms with van der Waals surface area (Å²) in [6, 6.07) is 5.31. The Kier molecular flexibility index (Phi) is 4.81. The maximum Gasteiger partial charge on any atom is 0.124 e. The van der Waals surface area contributed by atoms with Gasteiger partial charge < -0.3 is 5.32 Å². The maximum atomic E-state index is 12.9. The molecule has 3 heteroatoms. The molecule has 1 atom stereocenters. The Morgan fingerprint density at radius 3 is 2.71 bits per heavy atom. The highest BCUT2D eigenvalue weighted by molar-refractivity contribution is 14.1. The van der Waals surface area contributed by atoms with E-state index in [1.165, 1.54) is 11.6 Å². The second kappa shape index (κ2) is 5.66. The Labute approximate surface area is 98.2 Å². The van der Waals surface area contributed by atoms with Crippen LogP contribution in [0.15, 0.2) is 18.2 Å². The van der Waals surface area contributed by atoms with Crippen molar-refractivity contribution in [3.05, 3.63) is 33.1 Å². The van der Waals surface area contributed by atoms with Gasteiger partial charge in [-0.3, -0.25) is 0 Å². The van der Waals surface area contributed by atoms with Crippen LogP contribution in [0.25, 0.3) is 0 Å². The quantitative estimate of drug-likeness (QED) is 0.840. The molecule has 1 rings (SSSR count). The van der Waals surface area contributed by atoms with Crippen LogP contribution in [-0.2, 0) is 0 Å². The smallest absolute Gasteiger partial charge is 0.124 e. The first-order chi connectivity index (χ1) is 6.69. The summed E-state index contributed by atoms with van der Waals surface area (Å²) >= 11 is 2.18. The number of benzene rings is 1. The van der Waals surface area contributed by atoms with Gasteiger partial charge in [0.15, 0.2) is 0 Å². The lowest BCUT2D eigenvalue weighted by molar-refractivity contribution is 0.537. The first kappa shape index (κ1) is 11.9. The summed E-state index contributed by atoms with van der Waals surface area (Å²) in [6.45, 7) is 2.15. The average molecular weight is 307 g/mol. The van der Waals surface area contributed by atoms with Gasteiger partial charge in [-0.1, -0.05) is 19.4 Å². The van der Waals surface area contributed by atoms with Crippen LogP contribution in [0.5, 0.6) is 0 Å². The number of nitrogens with one attached hydrogen (secondary N) is 1. The van der Waals surface area contributed by atoms with E-state index in [1.807, 2.05) is 13.1 Å². The van der Waals surface area contributed by atoms with Gasteiger partial charge in [-0.25, -0.2) is 4.39 Å². The zero-order valence-electron chi connectivity index (χ0n) is 8.48. The van der Waals surface area contributed by atoms with Crippen molar-refractivity contribution in [2.45, 2.75) is 25.8 Å². The molecule has 0 aromatic heterocycles. The maximum absolute atomic E-state index is 12.9. The highest BCUT2D eigenvalue weighted by Gasteiger charge is 2.11. The molecule has 78 valence electrons. The predicted octanol–water partition coefficient (Wildman–Crippen LogP) is 3.49. The van der Waals surface area contributed by atoms with Crippen molar-refractivity contribution in [2.75, 3.05) is 7.05 Å². The van der Waals surface area contributed by atoms with Crippen molar-refractivity contribution in [3.63, 3.8) is 0 Å². The Morgan fingerprint density at radius 1 is 1.50 bits per heavy atom. The van der Waals surface area contributed by atoms with Gasteiger partial charge in [-0.2, -0.15) is 0 Å². The molecule has 0 radical (unpaired) electrons. The second-order valence-corrected chi connectivity index (χ2v) is 4.46. The molecule has 0 aliphatic carbocycles. The average Bonchev–Trinajstić information content (AvgIpc) is 2.15. The zero-order valence-corrected chi connectivity index (χ0v) is 10.6. The fourth-order valence-corrected chi connectivity index (χ4v) is 2.38. The summed E-state index contributed by atoms with van der Waals surface area (Å²) in [5.74, 6) is -0.162. The third-order valence-corrected chi connectivity index (χ3v) is 3.20. The summed E-state index contributed by atoms with van der Waals surface area (Å²) in [7, 11) is 1.94. The number of hydrogen-bond acceptors (Lipinski definition) is 1. The molecular weight excluding hydrogens is 292 g/mol. The lowest BCUT2D eigenvalue weighted by atomic mass is 10.0. The van der Waals surface area contributed by atoms with Crippen LogP contribution in [-0.4, -0.2) is 7.05 Å². The van der Waals surface area contributed by atoms with Gasteiger partial charge in [0.2, 0.25) is 0 Å².